The standard InChI is InChI=1S/C10H8F2O2/c11-7-3-1-2-6(4-7)10(12)5-8(10)9(13)14/h1-4,8H,5H2,(H,13,14)/t8-,10+/m1/s1. The van der Waals surface area contributed by atoms with Gasteiger partial charge in [-0.1, -0.05) is 12.1 Å². The van der Waals surface area contributed by atoms with Crippen LogP contribution < -0.4 is 0 Å². The van der Waals surface area contributed by atoms with Crippen LogP contribution in [0.25, 0.3) is 0 Å². The molecule has 1 aromatic rings. The van der Waals surface area contributed by atoms with Gasteiger partial charge >= 0.3 is 5.97 Å². The van der Waals surface area contributed by atoms with Crippen molar-refractivity contribution in [2.45, 2.75) is 12.1 Å². The maximum absolute atomic E-state index is 13.8. The molecule has 1 aromatic carbocycles. The third-order valence-corrected chi connectivity index (χ3v) is 2.50. The summed E-state index contributed by atoms with van der Waals surface area (Å²) < 4.78 is 26.5. The molecule has 0 heterocycles. The molecular formula is C10H8F2O2. The van der Waals surface area contributed by atoms with E-state index in [2.05, 4.69) is 0 Å². The largest absolute Gasteiger partial charge is 0.481 e. The quantitative estimate of drug-likeness (QED) is 0.790. The molecule has 0 amide bonds. The zero-order valence-electron chi connectivity index (χ0n) is 7.21. The number of hydrogen-bond acceptors (Lipinski definition) is 1. The van der Waals surface area contributed by atoms with Gasteiger partial charge in [-0.15, -0.1) is 0 Å². The molecule has 0 radical (unpaired) electrons. The molecule has 74 valence electrons. The van der Waals surface area contributed by atoms with Gasteiger partial charge in [0.2, 0.25) is 0 Å². The number of alkyl halides is 1. The predicted octanol–water partition coefficient (Wildman–Crippen LogP) is 2.09. The molecule has 4 heteroatoms. The number of carbonyl (C=O) groups is 1. The van der Waals surface area contributed by atoms with Crippen molar-refractivity contribution in [2.24, 2.45) is 5.92 Å². The van der Waals surface area contributed by atoms with E-state index in [1.807, 2.05) is 0 Å². The van der Waals surface area contributed by atoms with Gasteiger partial charge in [0.1, 0.15) is 11.5 Å². The molecule has 0 bridgehead atoms. The van der Waals surface area contributed by atoms with Crippen molar-refractivity contribution in [1.82, 2.24) is 0 Å². The Morgan fingerprint density at radius 2 is 2.29 bits per heavy atom. The van der Waals surface area contributed by atoms with Gasteiger partial charge in [0, 0.05) is 6.42 Å². The van der Waals surface area contributed by atoms with Crippen LogP contribution in [0.5, 0.6) is 0 Å². The van der Waals surface area contributed by atoms with Gasteiger partial charge in [-0.25, -0.2) is 8.78 Å². The van der Waals surface area contributed by atoms with Crippen LogP contribution in [0.1, 0.15) is 12.0 Å². The first-order valence-corrected chi connectivity index (χ1v) is 4.22. The molecule has 2 atom stereocenters. The van der Waals surface area contributed by atoms with Crippen molar-refractivity contribution in [3.8, 4) is 0 Å². The molecule has 1 N–H and O–H groups in total. The van der Waals surface area contributed by atoms with Crippen molar-refractivity contribution in [3.63, 3.8) is 0 Å². The van der Waals surface area contributed by atoms with Crippen molar-refractivity contribution in [1.29, 1.82) is 0 Å². The maximum Gasteiger partial charge on any atom is 0.310 e. The first kappa shape index (κ1) is 9.12. The van der Waals surface area contributed by atoms with Crippen LogP contribution in [-0.2, 0) is 10.5 Å². The molecule has 2 nitrogen and oxygen atoms in total. The Kier molecular flexibility index (Phi) is 1.80. The summed E-state index contributed by atoms with van der Waals surface area (Å²) in [4.78, 5) is 10.5. The molecule has 0 aliphatic heterocycles. The number of aliphatic carboxylic acids is 1. The van der Waals surface area contributed by atoms with E-state index in [1.54, 1.807) is 0 Å². The SMILES string of the molecule is O=C(O)[C@H]1C[C@]1(F)c1cccc(F)c1. The molecule has 0 aromatic heterocycles. The highest BCUT2D eigenvalue weighted by Crippen LogP contribution is 2.55. The maximum atomic E-state index is 13.8. The first-order chi connectivity index (χ1) is 6.54. The smallest absolute Gasteiger partial charge is 0.310 e. The fourth-order valence-corrected chi connectivity index (χ4v) is 1.59. The lowest BCUT2D eigenvalue weighted by Gasteiger charge is -2.05. The van der Waals surface area contributed by atoms with Gasteiger partial charge in [0.25, 0.3) is 0 Å². The zero-order valence-corrected chi connectivity index (χ0v) is 7.21. The molecular weight excluding hydrogens is 190 g/mol. The fraction of sp³-hybridized carbons (Fsp3) is 0.300. The minimum Gasteiger partial charge on any atom is -0.481 e. The summed E-state index contributed by atoms with van der Waals surface area (Å²) in [6, 6.07) is 5.03. The molecule has 1 aliphatic rings. The monoisotopic (exact) mass is 198 g/mol. The Balaban J connectivity index is 2.30. The molecule has 14 heavy (non-hydrogen) atoms. The van der Waals surface area contributed by atoms with Crippen LogP contribution in [-0.4, -0.2) is 11.1 Å². The Bertz CT molecular complexity index is 391. The van der Waals surface area contributed by atoms with Crippen LogP contribution in [0.2, 0.25) is 0 Å². The second-order valence-corrected chi connectivity index (χ2v) is 3.47. The average Bonchev–Trinajstić information content (AvgIpc) is 2.80. The summed E-state index contributed by atoms with van der Waals surface area (Å²) in [7, 11) is 0. The van der Waals surface area contributed by atoms with E-state index in [-0.39, 0.29) is 12.0 Å². The number of benzene rings is 1. The van der Waals surface area contributed by atoms with E-state index in [1.165, 1.54) is 18.2 Å². The topological polar surface area (TPSA) is 37.3 Å². The van der Waals surface area contributed by atoms with Gasteiger partial charge in [0.05, 0.1) is 5.92 Å². The number of halogens is 2. The van der Waals surface area contributed by atoms with Crippen molar-refractivity contribution in [2.75, 3.05) is 0 Å². The van der Waals surface area contributed by atoms with Gasteiger partial charge in [-0.05, 0) is 17.7 Å². The highest BCUT2D eigenvalue weighted by molar-refractivity contribution is 5.76. The normalized spacial score (nSPS) is 30.0. The number of carboxylic acid groups (broad SMARTS) is 1. The number of rotatable bonds is 2. The third-order valence-electron chi connectivity index (χ3n) is 2.50. The lowest BCUT2D eigenvalue weighted by atomic mass is 10.1. The lowest BCUT2D eigenvalue weighted by molar-refractivity contribution is -0.139. The van der Waals surface area contributed by atoms with Crippen molar-refractivity contribution < 1.29 is 18.7 Å². The van der Waals surface area contributed by atoms with Crippen LogP contribution in [0.3, 0.4) is 0 Å². The highest BCUT2D eigenvalue weighted by Gasteiger charge is 2.61. The minimum absolute atomic E-state index is 0.0637. The van der Waals surface area contributed by atoms with Crippen LogP contribution in [0.15, 0.2) is 24.3 Å². The van der Waals surface area contributed by atoms with Crippen LogP contribution >= 0.6 is 0 Å². The zero-order chi connectivity index (χ0) is 10.3. The number of carboxylic acids is 1. The summed E-state index contributed by atoms with van der Waals surface area (Å²) in [5.74, 6) is -2.74. The Hall–Kier alpha value is -1.45. The Labute approximate surface area is 79.2 Å². The van der Waals surface area contributed by atoms with E-state index >= 15 is 0 Å². The lowest BCUT2D eigenvalue weighted by Crippen LogP contribution is -2.09. The molecule has 0 spiro atoms. The van der Waals surface area contributed by atoms with Crippen molar-refractivity contribution in [3.05, 3.63) is 35.6 Å². The Morgan fingerprint density at radius 3 is 2.79 bits per heavy atom. The first-order valence-electron chi connectivity index (χ1n) is 4.22. The summed E-state index contributed by atoms with van der Waals surface area (Å²) in [6.45, 7) is 0. The second kappa shape index (κ2) is 2.77. The van der Waals surface area contributed by atoms with E-state index in [0.29, 0.717) is 0 Å². The summed E-state index contributed by atoms with van der Waals surface area (Å²) >= 11 is 0. The molecule has 0 unspecified atom stereocenters. The average molecular weight is 198 g/mol. The van der Waals surface area contributed by atoms with Crippen LogP contribution in [0.4, 0.5) is 8.78 Å². The predicted molar refractivity (Wildman–Crippen MR) is 44.9 cm³/mol. The van der Waals surface area contributed by atoms with E-state index in [9.17, 15) is 13.6 Å². The molecule has 1 aliphatic carbocycles. The fourth-order valence-electron chi connectivity index (χ4n) is 1.59. The summed E-state index contributed by atoms with van der Waals surface area (Å²) in [6.07, 6.45) is -0.0637. The van der Waals surface area contributed by atoms with Gasteiger partial charge in [0.15, 0.2) is 0 Å². The van der Waals surface area contributed by atoms with Gasteiger partial charge in [-0.3, -0.25) is 4.79 Å². The van der Waals surface area contributed by atoms with Crippen LogP contribution in [0, 0.1) is 11.7 Å². The highest BCUT2D eigenvalue weighted by atomic mass is 19.1. The van der Waals surface area contributed by atoms with E-state index in [0.717, 1.165) is 6.07 Å². The summed E-state index contributed by atoms with van der Waals surface area (Å²) in [5, 5.41) is 8.59. The molecule has 1 fully saturated rings. The Morgan fingerprint density at radius 1 is 1.57 bits per heavy atom. The van der Waals surface area contributed by atoms with E-state index < -0.39 is 23.4 Å². The molecule has 1 saturated carbocycles. The summed E-state index contributed by atoms with van der Waals surface area (Å²) in [5.41, 5.74) is -1.75. The third kappa shape index (κ3) is 1.27. The second-order valence-electron chi connectivity index (χ2n) is 3.47. The number of hydrogen-bond donors (Lipinski definition) is 1. The van der Waals surface area contributed by atoms with Crippen molar-refractivity contribution >= 4 is 5.97 Å². The van der Waals surface area contributed by atoms with Gasteiger partial charge < -0.3 is 5.11 Å². The molecule has 0 saturated heterocycles. The minimum atomic E-state index is -1.87. The van der Waals surface area contributed by atoms with E-state index in [4.69, 9.17) is 5.11 Å². The van der Waals surface area contributed by atoms with Gasteiger partial charge in [-0.2, -0.15) is 0 Å². The molecule has 2 rings (SSSR count).